The minimum atomic E-state index is -0.220. The van der Waals surface area contributed by atoms with E-state index in [2.05, 4.69) is 15.1 Å². The van der Waals surface area contributed by atoms with Crippen LogP contribution in [0.2, 0.25) is 0 Å². The van der Waals surface area contributed by atoms with E-state index in [1.165, 1.54) is 17.4 Å². The monoisotopic (exact) mass is 393 g/mol. The van der Waals surface area contributed by atoms with E-state index in [9.17, 15) is 9.59 Å². The summed E-state index contributed by atoms with van der Waals surface area (Å²) < 4.78 is 1.62. The van der Waals surface area contributed by atoms with Crippen LogP contribution in [0, 0.1) is 20.8 Å². The number of aryl methyl sites for hydroxylation is 3. The minimum Gasteiger partial charge on any atom is -0.274 e. The molecule has 0 aliphatic rings. The summed E-state index contributed by atoms with van der Waals surface area (Å²) in [6, 6.07) is 10.9. The molecule has 0 saturated heterocycles. The Morgan fingerprint density at radius 2 is 1.93 bits per heavy atom. The van der Waals surface area contributed by atoms with Gasteiger partial charge < -0.3 is 0 Å². The molecule has 1 amide bonds. The van der Waals surface area contributed by atoms with Crippen LogP contribution in [0.15, 0.2) is 46.6 Å². The Hall–Kier alpha value is -3.26. The summed E-state index contributed by atoms with van der Waals surface area (Å²) in [4.78, 5) is 35.6. The van der Waals surface area contributed by atoms with Gasteiger partial charge in [0, 0.05) is 28.4 Å². The zero-order chi connectivity index (χ0) is 19.8. The third-order valence-corrected chi connectivity index (χ3v) is 5.54. The van der Waals surface area contributed by atoms with Crippen molar-refractivity contribution in [2.45, 2.75) is 27.2 Å². The van der Waals surface area contributed by atoms with Crippen molar-refractivity contribution >= 4 is 33.7 Å². The summed E-state index contributed by atoms with van der Waals surface area (Å²) in [6.07, 6.45) is 0.147. The molecule has 0 bridgehead atoms. The van der Waals surface area contributed by atoms with Crippen LogP contribution < -0.4 is 10.5 Å². The molecular weight excluding hydrogens is 374 g/mol. The number of H-pyrrole nitrogens is 1. The second kappa shape index (κ2) is 7.05. The van der Waals surface area contributed by atoms with Crippen molar-refractivity contribution in [1.82, 2.24) is 19.6 Å². The third kappa shape index (κ3) is 3.22. The van der Waals surface area contributed by atoms with E-state index in [1.807, 2.05) is 56.5 Å². The highest BCUT2D eigenvalue weighted by Crippen LogP contribution is 2.29. The van der Waals surface area contributed by atoms with Crippen LogP contribution in [0.1, 0.15) is 22.6 Å². The number of anilines is 2. The van der Waals surface area contributed by atoms with Gasteiger partial charge in [0.15, 0.2) is 10.8 Å². The molecular formula is C20H19N5O2S. The van der Waals surface area contributed by atoms with Gasteiger partial charge in [0.1, 0.15) is 0 Å². The highest BCUT2D eigenvalue weighted by Gasteiger charge is 2.23. The van der Waals surface area contributed by atoms with Crippen LogP contribution in [0.4, 0.5) is 10.8 Å². The van der Waals surface area contributed by atoms with E-state index in [0.29, 0.717) is 10.8 Å². The molecule has 0 unspecified atom stereocenters. The number of amides is 1. The Bertz CT molecular complexity index is 1220. The van der Waals surface area contributed by atoms with Crippen LogP contribution in [0.3, 0.4) is 0 Å². The van der Waals surface area contributed by atoms with E-state index in [4.69, 9.17) is 0 Å². The third-order valence-electron chi connectivity index (χ3n) is 4.59. The number of benzene rings is 1. The molecule has 0 saturated carbocycles. The van der Waals surface area contributed by atoms with Crippen LogP contribution >= 0.6 is 11.3 Å². The molecule has 3 aromatic heterocycles. The summed E-state index contributed by atoms with van der Waals surface area (Å²) in [5, 5.41) is 5.28. The molecule has 142 valence electrons. The number of nitrogens with zero attached hydrogens (tertiary/aromatic N) is 4. The molecule has 7 nitrogen and oxygen atoms in total. The number of hydrogen-bond donors (Lipinski definition) is 1. The topological polar surface area (TPSA) is 83.4 Å². The number of carbonyl (C=O) groups excluding carboxylic acids is 1. The van der Waals surface area contributed by atoms with E-state index in [-0.39, 0.29) is 17.9 Å². The van der Waals surface area contributed by atoms with Crippen molar-refractivity contribution in [3.05, 3.63) is 74.8 Å². The summed E-state index contributed by atoms with van der Waals surface area (Å²) >= 11 is 1.43. The predicted octanol–water partition coefficient (Wildman–Crippen LogP) is 3.31. The molecule has 3 heterocycles. The molecule has 0 spiro atoms. The zero-order valence-electron chi connectivity index (χ0n) is 15.8. The van der Waals surface area contributed by atoms with Gasteiger partial charge in [-0.15, -0.1) is 11.3 Å². The summed E-state index contributed by atoms with van der Waals surface area (Å²) in [7, 11) is 0. The molecule has 0 aliphatic carbocycles. The second-order valence-corrected chi connectivity index (χ2v) is 7.42. The van der Waals surface area contributed by atoms with Crippen LogP contribution in [-0.4, -0.2) is 25.5 Å². The number of rotatable bonds is 4. The largest absolute Gasteiger partial charge is 0.274 e. The molecule has 4 aromatic rings. The molecule has 4 rings (SSSR count). The first-order valence-electron chi connectivity index (χ1n) is 8.82. The molecule has 1 N–H and O–H groups in total. The van der Waals surface area contributed by atoms with E-state index in [0.717, 1.165) is 28.3 Å². The summed E-state index contributed by atoms with van der Waals surface area (Å²) in [5.41, 5.74) is 4.27. The van der Waals surface area contributed by atoms with E-state index < -0.39 is 0 Å². The number of aromatic amines is 1. The fraction of sp³-hybridized carbons (Fsp3) is 0.200. The van der Waals surface area contributed by atoms with Gasteiger partial charge in [-0.25, -0.2) is 14.5 Å². The van der Waals surface area contributed by atoms with Gasteiger partial charge in [-0.3, -0.25) is 19.6 Å². The van der Waals surface area contributed by atoms with Crippen molar-refractivity contribution in [3.8, 4) is 0 Å². The molecule has 28 heavy (non-hydrogen) atoms. The highest BCUT2D eigenvalue weighted by atomic mass is 32.1. The average Bonchev–Trinajstić information content (AvgIpc) is 3.25. The second-order valence-electron chi connectivity index (χ2n) is 6.59. The minimum absolute atomic E-state index is 0.109. The predicted molar refractivity (Wildman–Crippen MR) is 109 cm³/mol. The lowest BCUT2D eigenvalue weighted by molar-refractivity contribution is -0.117. The Morgan fingerprint density at radius 1 is 1.18 bits per heavy atom. The molecule has 0 aliphatic heterocycles. The Balaban J connectivity index is 1.76. The zero-order valence-corrected chi connectivity index (χ0v) is 16.6. The normalized spacial score (nSPS) is 11.1. The van der Waals surface area contributed by atoms with Crippen molar-refractivity contribution < 1.29 is 4.79 Å². The first-order valence-corrected chi connectivity index (χ1v) is 9.70. The Morgan fingerprint density at radius 3 is 2.61 bits per heavy atom. The van der Waals surface area contributed by atoms with Gasteiger partial charge in [-0.05, 0) is 32.9 Å². The SMILES string of the molecule is Cc1csc(N(C(=O)Cc2c(C)nc3cc(=O)[nH]n3c2C)c2ccccc2)n1. The van der Waals surface area contributed by atoms with Crippen molar-refractivity contribution in [1.29, 1.82) is 0 Å². The standard InChI is InChI=1S/C20H19N5O2S/c1-12-11-28-20(21-12)24(15-7-5-4-6-8-15)19(27)9-16-13(2)22-17-10-18(26)23-25(17)14(16)3/h4-8,10-11H,9H2,1-3H3,(H,23,26). The maximum atomic E-state index is 13.4. The number of carbonyl (C=O) groups is 1. The van der Waals surface area contributed by atoms with E-state index in [1.54, 1.807) is 9.42 Å². The summed E-state index contributed by atoms with van der Waals surface area (Å²) in [5.74, 6) is -0.109. The molecule has 0 fully saturated rings. The van der Waals surface area contributed by atoms with Crippen LogP contribution in [0.25, 0.3) is 5.65 Å². The lowest BCUT2D eigenvalue weighted by Crippen LogP contribution is -2.28. The maximum Gasteiger partial charge on any atom is 0.266 e. The quantitative estimate of drug-likeness (QED) is 0.577. The van der Waals surface area contributed by atoms with Gasteiger partial charge >= 0.3 is 0 Å². The van der Waals surface area contributed by atoms with E-state index >= 15 is 0 Å². The lowest BCUT2D eigenvalue weighted by atomic mass is 10.1. The number of para-hydroxylation sites is 1. The van der Waals surface area contributed by atoms with Gasteiger partial charge in [0.05, 0.1) is 17.8 Å². The Labute approximate surface area is 165 Å². The van der Waals surface area contributed by atoms with Crippen molar-refractivity contribution in [2.75, 3.05) is 4.90 Å². The lowest BCUT2D eigenvalue weighted by Gasteiger charge is -2.21. The number of fused-ring (bicyclic) bond motifs is 1. The first kappa shape index (κ1) is 18.1. The van der Waals surface area contributed by atoms with Gasteiger partial charge in [-0.1, -0.05) is 18.2 Å². The fourth-order valence-corrected chi connectivity index (χ4v) is 4.06. The average molecular weight is 393 g/mol. The summed E-state index contributed by atoms with van der Waals surface area (Å²) in [6.45, 7) is 5.64. The van der Waals surface area contributed by atoms with Gasteiger partial charge in [0.2, 0.25) is 5.91 Å². The molecule has 0 atom stereocenters. The van der Waals surface area contributed by atoms with Crippen molar-refractivity contribution in [3.63, 3.8) is 0 Å². The maximum absolute atomic E-state index is 13.4. The number of hydrogen-bond acceptors (Lipinski definition) is 5. The molecule has 8 heteroatoms. The van der Waals surface area contributed by atoms with Crippen LogP contribution in [0.5, 0.6) is 0 Å². The molecule has 0 radical (unpaired) electrons. The van der Waals surface area contributed by atoms with Gasteiger partial charge in [-0.2, -0.15) is 0 Å². The number of thiazole rings is 1. The first-order chi connectivity index (χ1) is 13.4. The number of nitrogens with one attached hydrogen (secondary N) is 1. The smallest absolute Gasteiger partial charge is 0.266 e. The number of aromatic nitrogens is 4. The van der Waals surface area contributed by atoms with Gasteiger partial charge in [0.25, 0.3) is 5.56 Å². The Kier molecular flexibility index (Phi) is 4.56. The highest BCUT2D eigenvalue weighted by molar-refractivity contribution is 7.14. The van der Waals surface area contributed by atoms with Crippen molar-refractivity contribution in [2.24, 2.45) is 0 Å². The van der Waals surface area contributed by atoms with Crippen LogP contribution in [-0.2, 0) is 11.2 Å². The molecule has 1 aromatic carbocycles. The fourth-order valence-electron chi connectivity index (χ4n) is 3.22.